The molecule has 96 valence electrons. The number of anilines is 1. The number of para-hydroxylation sites is 1. The largest absolute Gasteiger partial charge is 0.544 e. The van der Waals surface area contributed by atoms with Gasteiger partial charge in [-0.1, -0.05) is 18.2 Å². The second-order valence-corrected chi connectivity index (χ2v) is 4.51. The maximum atomic E-state index is 11.8. The molecule has 0 saturated carbocycles. The fourth-order valence-electron chi connectivity index (χ4n) is 2.34. The van der Waals surface area contributed by atoms with Gasteiger partial charge >= 0.3 is 0 Å². The lowest BCUT2D eigenvalue weighted by molar-refractivity contribution is -0.897. The maximum Gasteiger partial charge on any atom is 0.279 e. The van der Waals surface area contributed by atoms with Crippen LogP contribution in [0.5, 0.6) is 0 Å². The summed E-state index contributed by atoms with van der Waals surface area (Å²) in [5.74, 6) is -1.22. The Labute approximate surface area is 105 Å². The minimum absolute atomic E-state index is 0.163. The number of carboxylic acids is 1. The van der Waals surface area contributed by atoms with Gasteiger partial charge in [0, 0.05) is 18.5 Å². The number of benzene rings is 1. The Bertz CT molecular complexity index is 433. The molecule has 0 spiro atoms. The van der Waals surface area contributed by atoms with Gasteiger partial charge in [-0.2, -0.15) is 0 Å². The summed E-state index contributed by atoms with van der Waals surface area (Å²) in [6.45, 7) is 0.883. The maximum absolute atomic E-state index is 11.8. The highest BCUT2D eigenvalue weighted by molar-refractivity contribution is 5.91. The average Bonchev–Trinajstić information content (AvgIpc) is 2.78. The summed E-state index contributed by atoms with van der Waals surface area (Å²) in [5, 5.41) is 13.6. The van der Waals surface area contributed by atoms with Crippen LogP contribution < -0.4 is 15.3 Å². The molecular weight excluding hydrogens is 232 g/mol. The minimum atomic E-state index is -1.06. The smallest absolute Gasteiger partial charge is 0.279 e. The SMILES string of the molecule is O=C(C[NH+]1CCC[C@H]1C(=O)[O-])Nc1ccccc1. The van der Waals surface area contributed by atoms with Crippen molar-refractivity contribution >= 4 is 17.6 Å². The molecule has 1 aromatic rings. The second-order valence-electron chi connectivity index (χ2n) is 4.51. The van der Waals surface area contributed by atoms with E-state index in [0.717, 1.165) is 17.0 Å². The lowest BCUT2D eigenvalue weighted by Gasteiger charge is -2.21. The van der Waals surface area contributed by atoms with Crippen LogP contribution in [0.4, 0.5) is 5.69 Å². The highest BCUT2D eigenvalue weighted by atomic mass is 16.4. The third kappa shape index (κ3) is 3.07. The van der Waals surface area contributed by atoms with E-state index >= 15 is 0 Å². The van der Waals surface area contributed by atoms with Crippen molar-refractivity contribution in [2.24, 2.45) is 0 Å². The van der Waals surface area contributed by atoms with Crippen molar-refractivity contribution in [2.75, 3.05) is 18.4 Å². The Morgan fingerprint density at radius 1 is 1.33 bits per heavy atom. The number of hydrogen-bond donors (Lipinski definition) is 2. The number of nitrogens with one attached hydrogen (secondary N) is 2. The average molecular weight is 248 g/mol. The van der Waals surface area contributed by atoms with Crippen molar-refractivity contribution in [1.29, 1.82) is 0 Å². The van der Waals surface area contributed by atoms with Crippen LogP contribution in [-0.4, -0.2) is 31.0 Å². The van der Waals surface area contributed by atoms with Gasteiger partial charge in [0.1, 0.15) is 6.04 Å². The summed E-state index contributed by atoms with van der Waals surface area (Å²) in [6.07, 6.45) is 1.42. The van der Waals surface area contributed by atoms with Gasteiger partial charge in [0.2, 0.25) is 0 Å². The molecule has 18 heavy (non-hydrogen) atoms. The molecule has 1 amide bonds. The summed E-state index contributed by atoms with van der Waals surface area (Å²) in [5.41, 5.74) is 0.728. The Balaban J connectivity index is 1.90. The molecule has 1 saturated heterocycles. The summed E-state index contributed by atoms with van der Waals surface area (Å²) in [6, 6.07) is 8.59. The number of rotatable bonds is 4. The first-order valence-corrected chi connectivity index (χ1v) is 6.07. The van der Waals surface area contributed by atoms with E-state index in [1.807, 2.05) is 18.2 Å². The molecule has 2 atom stereocenters. The van der Waals surface area contributed by atoms with Gasteiger partial charge in [-0.3, -0.25) is 4.79 Å². The van der Waals surface area contributed by atoms with Crippen molar-refractivity contribution in [1.82, 2.24) is 0 Å². The van der Waals surface area contributed by atoms with E-state index in [0.29, 0.717) is 13.0 Å². The quantitative estimate of drug-likeness (QED) is 0.675. The van der Waals surface area contributed by atoms with E-state index in [1.165, 1.54) is 0 Å². The molecule has 0 radical (unpaired) electrons. The lowest BCUT2D eigenvalue weighted by atomic mass is 10.2. The lowest BCUT2D eigenvalue weighted by Crippen LogP contribution is -3.16. The van der Waals surface area contributed by atoms with Crippen LogP contribution in [0.1, 0.15) is 12.8 Å². The summed E-state index contributed by atoms with van der Waals surface area (Å²) in [4.78, 5) is 23.5. The molecule has 0 aliphatic carbocycles. The zero-order valence-corrected chi connectivity index (χ0v) is 10.0. The molecule has 1 aromatic carbocycles. The third-order valence-corrected chi connectivity index (χ3v) is 3.21. The van der Waals surface area contributed by atoms with Crippen LogP contribution in [-0.2, 0) is 9.59 Å². The standard InChI is InChI=1S/C13H16N2O3/c16-12(14-10-5-2-1-3-6-10)9-15-8-4-7-11(15)13(17)18/h1-3,5-6,11H,4,7-9H2,(H,14,16)(H,17,18)/t11-/m0/s1. The van der Waals surface area contributed by atoms with Crippen LogP contribution in [0.25, 0.3) is 0 Å². The summed E-state index contributed by atoms with van der Waals surface area (Å²) >= 11 is 0. The number of quaternary nitrogens is 1. The number of hydrogen-bond acceptors (Lipinski definition) is 3. The molecule has 1 unspecified atom stereocenters. The zero-order chi connectivity index (χ0) is 13.0. The van der Waals surface area contributed by atoms with Crippen LogP contribution in [0.3, 0.4) is 0 Å². The van der Waals surface area contributed by atoms with E-state index < -0.39 is 12.0 Å². The van der Waals surface area contributed by atoms with Gasteiger partial charge in [0.05, 0.1) is 12.5 Å². The van der Waals surface area contributed by atoms with E-state index in [1.54, 1.807) is 12.1 Å². The van der Waals surface area contributed by atoms with Gasteiger partial charge in [0.15, 0.2) is 6.54 Å². The predicted octanol–water partition coefficient (Wildman–Crippen LogP) is -1.58. The molecule has 2 N–H and O–H groups in total. The van der Waals surface area contributed by atoms with Gasteiger partial charge in [-0.05, 0) is 12.1 Å². The van der Waals surface area contributed by atoms with E-state index in [9.17, 15) is 14.7 Å². The molecule has 1 aliphatic heterocycles. The monoisotopic (exact) mass is 248 g/mol. The molecule has 5 nitrogen and oxygen atoms in total. The second kappa shape index (κ2) is 5.64. The topological polar surface area (TPSA) is 73.7 Å². The van der Waals surface area contributed by atoms with Gasteiger partial charge in [-0.15, -0.1) is 0 Å². The molecule has 1 heterocycles. The summed E-state index contributed by atoms with van der Waals surface area (Å²) < 4.78 is 0. The van der Waals surface area contributed by atoms with Gasteiger partial charge < -0.3 is 20.1 Å². The van der Waals surface area contributed by atoms with Crippen molar-refractivity contribution < 1.29 is 19.6 Å². The first-order valence-electron chi connectivity index (χ1n) is 6.07. The third-order valence-electron chi connectivity index (χ3n) is 3.21. The fraction of sp³-hybridized carbons (Fsp3) is 0.385. The molecule has 1 aliphatic rings. The summed E-state index contributed by atoms with van der Waals surface area (Å²) in [7, 11) is 0. The number of likely N-dealkylation sites (tertiary alicyclic amines) is 1. The highest BCUT2D eigenvalue weighted by Gasteiger charge is 2.31. The Kier molecular flexibility index (Phi) is 3.94. The zero-order valence-electron chi connectivity index (χ0n) is 10.0. The van der Waals surface area contributed by atoms with Crippen LogP contribution in [0, 0.1) is 0 Å². The van der Waals surface area contributed by atoms with Crippen molar-refractivity contribution in [3.63, 3.8) is 0 Å². The van der Waals surface area contributed by atoms with Crippen LogP contribution in [0.2, 0.25) is 0 Å². The number of carboxylic acid groups (broad SMARTS) is 1. The van der Waals surface area contributed by atoms with Crippen molar-refractivity contribution in [3.05, 3.63) is 30.3 Å². The fourth-order valence-corrected chi connectivity index (χ4v) is 2.34. The van der Waals surface area contributed by atoms with E-state index in [4.69, 9.17) is 0 Å². The first kappa shape index (κ1) is 12.6. The highest BCUT2D eigenvalue weighted by Crippen LogP contribution is 2.04. The Morgan fingerprint density at radius 2 is 2.06 bits per heavy atom. The normalized spacial score (nSPS) is 22.7. The first-order chi connectivity index (χ1) is 8.66. The van der Waals surface area contributed by atoms with Gasteiger partial charge in [0.25, 0.3) is 5.91 Å². The number of aliphatic carboxylic acids is 1. The minimum Gasteiger partial charge on any atom is -0.544 e. The number of carbonyl (C=O) groups excluding carboxylic acids is 2. The van der Waals surface area contributed by atoms with Gasteiger partial charge in [-0.25, -0.2) is 0 Å². The van der Waals surface area contributed by atoms with Crippen LogP contribution in [0.15, 0.2) is 30.3 Å². The van der Waals surface area contributed by atoms with Crippen molar-refractivity contribution in [3.8, 4) is 0 Å². The molecule has 1 fully saturated rings. The van der Waals surface area contributed by atoms with E-state index in [-0.39, 0.29) is 12.5 Å². The molecule has 0 bridgehead atoms. The number of amides is 1. The Hall–Kier alpha value is -1.88. The Morgan fingerprint density at radius 3 is 2.72 bits per heavy atom. The van der Waals surface area contributed by atoms with E-state index in [2.05, 4.69) is 5.32 Å². The van der Waals surface area contributed by atoms with Crippen molar-refractivity contribution in [2.45, 2.75) is 18.9 Å². The molecule has 0 aromatic heterocycles. The number of carbonyl (C=O) groups is 2. The predicted molar refractivity (Wildman–Crippen MR) is 63.8 cm³/mol. The molecule has 2 rings (SSSR count). The molecular formula is C13H16N2O3. The van der Waals surface area contributed by atoms with Crippen LogP contribution >= 0.6 is 0 Å². The molecule has 5 heteroatoms.